The number of amides is 4. The topological polar surface area (TPSA) is 120 Å². The summed E-state index contributed by atoms with van der Waals surface area (Å²) < 4.78 is 20.0. The summed E-state index contributed by atoms with van der Waals surface area (Å²) in [5, 5.41) is 7.44. The third-order valence-electron chi connectivity index (χ3n) is 6.05. The van der Waals surface area contributed by atoms with E-state index in [-0.39, 0.29) is 24.3 Å². The van der Waals surface area contributed by atoms with E-state index in [1.807, 2.05) is 20.8 Å². The van der Waals surface area contributed by atoms with Crippen LogP contribution in [0.4, 0.5) is 14.9 Å². The van der Waals surface area contributed by atoms with Crippen LogP contribution in [0.1, 0.15) is 56.8 Å². The highest BCUT2D eigenvalue weighted by Gasteiger charge is 2.29. The second-order valence-electron chi connectivity index (χ2n) is 10.1. The van der Waals surface area contributed by atoms with Crippen molar-refractivity contribution >= 4 is 29.5 Å². The van der Waals surface area contributed by atoms with Gasteiger partial charge in [0.1, 0.15) is 17.5 Å². The maximum atomic E-state index is 14.7. The van der Waals surface area contributed by atoms with Gasteiger partial charge in [-0.3, -0.25) is 24.6 Å². The summed E-state index contributed by atoms with van der Waals surface area (Å²) in [4.78, 5) is 51.6. The second kappa shape index (κ2) is 12.2. The standard InChI is InChI=1S/C25H36FN5O5/c1-25(2,3)36-24(35)27-10-4-5-11-30-12-14-31(15-13-30)17-6-7-18(19(26)16-17)22(33)28-20-8-9-21(32)29-23(20)34/h6-7,16,20H,4-5,8-15H2,1-3H3,(H,27,35)(H,28,33)(H,29,32,34)/t20-/m1/s1. The molecule has 0 spiro atoms. The van der Waals surface area contributed by atoms with Gasteiger partial charge in [-0.25, -0.2) is 9.18 Å². The molecule has 2 aliphatic rings. The number of halogens is 1. The van der Waals surface area contributed by atoms with E-state index in [0.717, 1.165) is 45.6 Å². The largest absolute Gasteiger partial charge is 0.444 e. The summed E-state index contributed by atoms with van der Waals surface area (Å²) in [6.07, 6.45) is 1.73. The number of carbonyl (C=O) groups excluding carboxylic acids is 4. The lowest BCUT2D eigenvalue weighted by Gasteiger charge is -2.36. The van der Waals surface area contributed by atoms with Crippen molar-refractivity contribution in [2.24, 2.45) is 0 Å². The van der Waals surface area contributed by atoms with E-state index in [1.165, 1.54) is 12.1 Å². The number of benzene rings is 1. The molecular weight excluding hydrogens is 469 g/mol. The van der Waals surface area contributed by atoms with Crippen LogP contribution in [0, 0.1) is 5.82 Å². The number of rotatable bonds is 8. The highest BCUT2D eigenvalue weighted by atomic mass is 19.1. The van der Waals surface area contributed by atoms with E-state index in [1.54, 1.807) is 6.07 Å². The number of carbonyl (C=O) groups is 4. The molecule has 198 valence electrons. The van der Waals surface area contributed by atoms with Gasteiger partial charge in [0.15, 0.2) is 0 Å². The molecule has 0 bridgehead atoms. The van der Waals surface area contributed by atoms with E-state index >= 15 is 0 Å². The summed E-state index contributed by atoms with van der Waals surface area (Å²) in [6.45, 7) is 10.1. The number of ether oxygens (including phenoxy) is 1. The number of piperazine rings is 1. The van der Waals surface area contributed by atoms with Crippen LogP contribution in [0.15, 0.2) is 18.2 Å². The molecule has 10 nitrogen and oxygen atoms in total. The lowest BCUT2D eigenvalue weighted by molar-refractivity contribution is -0.134. The minimum Gasteiger partial charge on any atom is -0.444 e. The molecule has 0 aromatic heterocycles. The van der Waals surface area contributed by atoms with E-state index in [4.69, 9.17) is 4.74 Å². The van der Waals surface area contributed by atoms with Crippen molar-refractivity contribution in [2.75, 3.05) is 44.2 Å². The Balaban J connectivity index is 1.39. The van der Waals surface area contributed by atoms with Crippen molar-refractivity contribution in [1.82, 2.24) is 20.9 Å². The van der Waals surface area contributed by atoms with Crippen molar-refractivity contribution < 1.29 is 28.3 Å². The molecule has 1 aromatic rings. The van der Waals surface area contributed by atoms with E-state index < -0.39 is 35.4 Å². The summed E-state index contributed by atoms with van der Waals surface area (Å²) in [5.74, 6) is -2.29. The summed E-state index contributed by atoms with van der Waals surface area (Å²) in [6, 6.07) is 3.63. The van der Waals surface area contributed by atoms with Crippen molar-refractivity contribution in [3.63, 3.8) is 0 Å². The number of piperidine rings is 1. The van der Waals surface area contributed by atoms with Crippen molar-refractivity contribution in [1.29, 1.82) is 0 Å². The van der Waals surface area contributed by atoms with Gasteiger partial charge < -0.3 is 20.3 Å². The zero-order valence-corrected chi connectivity index (χ0v) is 21.2. The molecule has 11 heteroatoms. The Bertz CT molecular complexity index is 972. The molecule has 36 heavy (non-hydrogen) atoms. The van der Waals surface area contributed by atoms with Gasteiger partial charge in [0.25, 0.3) is 5.91 Å². The van der Waals surface area contributed by atoms with Crippen LogP contribution in [0.25, 0.3) is 0 Å². The average Bonchev–Trinajstić information content (AvgIpc) is 2.80. The van der Waals surface area contributed by atoms with Crippen LogP contribution in [0.5, 0.6) is 0 Å². The van der Waals surface area contributed by atoms with Gasteiger partial charge in [-0.1, -0.05) is 0 Å². The Labute approximate surface area is 210 Å². The lowest BCUT2D eigenvalue weighted by Crippen LogP contribution is -2.52. The van der Waals surface area contributed by atoms with Crippen LogP contribution in [-0.2, 0) is 14.3 Å². The fraction of sp³-hybridized carbons (Fsp3) is 0.600. The fourth-order valence-electron chi connectivity index (χ4n) is 4.15. The predicted octanol–water partition coefficient (Wildman–Crippen LogP) is 1.79. The van der Waals surface area contributed by atoms with Gasteiger partial charge in [0.05, 0.1) is 5.56 Å². The Morgan fingerprint density at radius 3 is 2.50 bits per heavy atom. The van der Waals surface area contributed by atoms with E-state index in [2.05, 4.69) is 25.8 Å². The fourth-order valence-corrected chi connectivity index (χ4v) is 4.15. The summed E-state index contributed by atoms with van der Waals surface area (Å²) in [5.41, 5.74) is 0.0585. The number of hydrogen-bond acceptors (Lipinski definition) is 7. The molecule has 0 aliphatic carbocycles. The molecule has 2 aliphatic heterocycles. The van der Waals surface area contributed by atoms with Gasteiger partial charge >= 0.3 is 6.09 Å². The SMILES string of the molecule is CC(C)(C)OC(=O)NCCCCN1CCN(c2ccc(C(=O)N[C@@H]3CCC(=O)NC3=O)c(F)c2)CC1. The zero-order chi connectivity index (χ0) is 26.3. The average molecular weight is 506 g/mol. The smallest absolute Gasteiger partial charge is 0.407 e. The highest BCUT2D eigenvalue weighted by molar-refractivity contribution is 6.03. The maximum absolute atomic E-state index is 14.7. The second-order valence-corrected chi connectivity index (χ2v) is 10.1. The number of imide groups is 1. The Kier molecular flexibility index (Phi) is 9.25. The van der Waals surface area contributed by atoms with E-state index in [9.17, 15) is 23.6 Å². The normalized spacial score (nSPS) is 19.0. The summed E-state index contributed by atoms with van der Waals surface area (Å²) in [7, 11) is 0. The molecule has 3 rings (SSSR count). The number of alkyl carbamates (subject to hydrolysis) is 1. The van der Waals surface area contributed by atoms with Gasteiger partial charge in [-0.2, -0.15) is 0 Å². The molecule has 3 N–H and O–H groups in total. The molecular formula is C25H36FN5O5. The molecule has 2 heterocycles. The maximum Gasteiger partial charge on any atom is 0.407 e. The van der Waals surface area contributed by atoms with Crippen molar-refractivity contribution in [3.8, 4) is 0 Å². The van der Waals surface area contributed by atoms with Crippen molar-refractivity contribution in [2.45, 2.75) is 58.1 Å². The lowest BCUT2D eigenvalue weighted by atomic mass is 10.1. The third-order valence-corrected chi connectivity index (χ3v) is 6.05. The van der Waals surface area contributed by atoms with Crippen molar-refractivity contribution in [3.05, 3.63) is 29.6 Å². The molecule has 4 amide bonds. The Morgan fingerprint density at radius 2 is 1.86 bits per heavy atom. The first-order valence-corrected chi connectivity index (χ1v) is 12.4. The molecule has 0 radical (unpaired) electrons. The Hall–Kier alpha value is -3.21. The predicted molar refractivity (Wildman–Crippen MR) is 132 cm³/mol. The zero-order valence-electron chi connectivity index (χ0n) is 21.2. The minimum absolute atomic E-state index is 0.132. The van der Waals surface area contributed by atoms with Gasteiger partial charge in [0.2, 0.25) is 11.8 Å². The quantitative estimate of drug-likeness (QED) is 0.364. The molecule has 1 atom stereocenters. The van der Waals surface area contributed by atoms with Crippen LogP contribution >= 0.6 is 0 Å². The molecule has 0 saturated carbocycles. The number of hydrogen-bond donors (Lipinski definition) is 3. The van der Waals surface area contributed by atoms with Crippen LogP contribution < -0.4 is 20.9 Å². The van der Waals surface area contributed by atoms with Gasteiger partial charge in [-0.15, -0.1) is 0 Å². The summed E-state index contributed by atoms with van der Waals surface area (Å²) >= 11 is 0. The highest BCUT2D eigenvalue weighted by Crippen LogP contribution is 2.21. The van der Waals surface area contributed by atoms with E-state index in [0.29, 0.717) is 12.2 Å². The van der Waals surface area contributed by atoms with Crippen LogP contribution in [-0.4, -0.2) is 79.6 Å². The van der Waals surface area contributed by atoms with Gasteiger partial charge in [-0.05, 0) is 64.8 Å². The minimum atomic E-state index is -0.851. The monoisotopic (exact) mass is 505 g/mol. The number of nitrogens with one attached hydrogen (secondary N) is 3. The number of nitrogens with zero attached hydrogens (tertiary/aromatic N) is 2. The number of anilines is 1. The van der Waals surface area contributed by atoms with Crippen LogP contribution in [0.3, 0.4) is 0 Å². The first-order valence-electron chi connectivity index (χ1n) is 12.4. The first-order chi connectivity index (χ1) is 17.0. The molecule has 0 unspecified atom stereocenters. The van der Waals surface area contributed by atoms with Crippen LogP contribution in [0.2, 0.25) is 0 Å². The number of unbranched alkanes of at least 4 members (excludes halogenated alkanes) is 1. The Morgan fingerprint density at radius 1 is 1.14 bits per heavy atom. The first kappa shape index (κ1) is 27.4. The van der Waals surface area contributed by atoms with Gasteiger partial charge in [0, 0.05) is 44.8 Å². The molecule has 2 saturated heterocycles. The molecule has 1 aromatic carbocycles. The molecule has 2 fully saturated rings. The third kappa shape index (κ3) is 8.18.